The van der Waals surface area contributed by atoms with Crippen molar-refractivity contribution in [1.82, 2.24) is 0 Å². The summed E-state index contributed by atoms with van der Waals surface area (Å²) in [6, 6.07) is 0. The Morgan fingerprint density at radius 1 is 1.12 bits per heavy atom. The summed E-state index contributed by atoms with van der Waals surface area (Å²) >= 11 is 0. The van der Waals surface area contributed by atoms with E-state index < -0.39 is 0 Å². The Morgan fingerprint density at radius 2 is 1.62 bits per heavy atom. The normalized spacial score (nSPS) is 24.1. The van der Waals surface area contributed by atoms with Crippen molar-refractivity contribution < 1.29 is 0 Å². The summed E-state index contributed by atoms with van der Waals surface area (Å²) in [6.45, 7) is 2.21. The maximum absolute atomic E-state index is 2.29. The van der Waals surface area contributed by atoms with E-state index in [2.05, 4.69) is 31.2 Å². The van der Waals surface area contributed by atoms with Crippen LogP contribution in [0.15, 0.2) is 35.5 Å². The van der Waals surface area contributed by atoms with Gasteiger partial charge in [-0.1, -0.05) is 31.2 Å². The van der Waals surface area contributed by atoms with Crippen molar-refractivity contribution in [2.24, 2.45) is 5.92 Å². The van der Waals surface area contributed by atoms with Gasteiger partial charge in [0.05, 0.1) is 0 Å². The average Bonchev–Trinajstić information content (AvgIpc) is 1.91. The van der Waals surface area contributed by atoms with Gasteiger partial charge in [0.2, 0.25) is 0 Å². The lowest BCUT2D eigenvalue weighted by molar-refractivity contribution is 0.956. The van der Waals surface area contributed by atoms with Crippen molar-refractivity contribution in [1.29, 1.82) is 0 Å². The van der Waals surface area contributed by atoms with E-state index in [-0.39, 0.29) is 0 Å². The molecule has 0 aliphatic heterocycles. The first-order valence-electron chi connectivity index (χ1n) is 2.98. The minimum absolute atomic E-state index is 0.676. The SMILES string of the molecule is CC1C=C2C=CC2=C1. The predicted molar refractivity (Wildman–Crippen MR) is 34.5 cm³/mol. The zero-order valence-electron chi connectivity index (χ0n) is 4.89. The highest BCUT2D eigenvalue weighted by molar-refractivity contribution is 5.60. The molecule has 0 radical (unpaired) electrons. The third-order valence-corrected chi connectivity index (χ3v) is 1.66. The maximum atomic E-state index is 2.29. The fraction of sp³-hybridized carbons (Fsp3) is 0.250. The third kappa shape index (κ3) is 0.353. The Balaban J connectivity index is 2.48. The largest absolute Gasteiger partial charge is 0.0700 e. The van der Waals surface area contributed by atoms with E-state index in [0.29, 0.717) is 5.92 Å². The van der Waals surface area contributed by atoms with Crippen LogP contribution in [-0.4, -0.2) is 0 Å². The molecule has 40 valence electrons. The van der Waals surface area contributed by atoms with Gasteiger partial charge in [-0.05, 0) is 17.1 Å². The summed E-state index contributed by atoms with van der Waals surface area (Å²) < 4.78 is 0. The molecule has 0 fully saturated rings. The molecule has 2 aliphatic rings. The van der Waals surface area contributed by atoms with Crippen LogP contribution in [-0.2, 0) is 0 Å². The van der Waals surface area contributed by atoms with Crippen molar-refractivity contribution >= 4 is 0 Å². The quantitative estimate of drug-likeness (QED) is 0.441. The van der Waals surface area contributed by atoms with Crippen LogP contribution in [0.4, 0.5) is 0 Å². The molecule has 0 heterocycles. The highest BCUT2D eigenvalue weighted by Gasteiger charge is 2.14. The molecule has 2 rings (SSSR count). The van der Waals surface area contributed by atoms with Crippen LogP contribution in [0.2, 0.25) is 0 Å². The Bertz CT molecular complexity index is 182. The van der Waals surface area contributed by atoms with Crippen LogP contribution >= 0.6 is 0 Å². The van der Waals surface area contributed by atoms with E-state index in [9.17, 15) is 0 Å². The van der Waals surface area contributed by atoms with Crippen molar-refractivity contribution in [3.05, 3.63) is 35.5 Å². The van der Waals surface area contributed by atoms with Crippen LogP contribution in [0.25, 0.3) is 0 Å². The van der Waals surface area contributed by atoms with Crippen molar-refractivity contribution in [3.63, 3.8) is 0 Å². The smallest absolute Gasteiger partial charge is 0.00635 e. The third-order valence-electron chi connectivity index (χ3n) is 1.66. The molecule has 0 saturated heterocycles. The minimum Gasteiger partial charge on any atom is -0.0700 e. The fourth-order valence-electron chi connectivity index (χ4n) is 1.19. The van der Waals surface area contributed by atoms with E-state index in [1.807, 2.05) is 0 Å². The molecule has 0 aromatic carbocycles. The lowest BCUT2D eigenvalue weighted by atomic mass is 10.00. The van der Waals surface area contributed by atoms with E-state index in [4.69, 9.17) is 0 Å². The molecule has 0 amide bonds. The second-order valence-electron chi connectivity index (χ2n) is 2.44. The molecular formula is C8H8. The number of hydrogen-bond acceptors (Lipinski definition) is 0. The fourth-order valence-corrected chi connectivity index (χ4v) is 1.19. The Hall–Kier alpha value is -0.780. The Kier molecular flexibility index (Phi) is 0.587. The van der Waals surface area contributed by atoms with Crippen LogP contribution in [0, 0.1) is 5.92 Å². The van der Waals surface area contributed by atoms with E-state index in [1.54, 1.807) is 0 Å². The Labute approximate surface area is 49.2 Å². The van der Waals surface area contributed by atoms with Gasteiger partial charge >= 0.3 is 0 Å². The zero-order chi connectivity index (χ0) is 5.56. The first-order valence-corrected chi connectivity index (χ1v) is 2.98. The van der Waals surface area contributed by atoms with Gasteiger partial charge in [0.15, 0.2) is 0 Å². The van der Waals surface area contributed by atoms with Crippen LogP contribution in [0.5, 0.6) is 0 Å². The molecule has 0 nitrogen and oxygen atoms in total. The molecule has 0 saturated carbocycles. The van der Waals surface area contributed by atoms with Crippen molar-refractivity contribution in [3.8, 4) is 0 Å². The van der Waals surface area contributed by atoms with Gasteiger partial charge in [-0.2, -0.15) is 0 Å². The second kappa shape index (κ2) is 1.13. The summed E-state index contributed by atoms with van der Waals surface area (Å²) in [5.41, 5.74) is 2.88. The first-order chi connectivity index (χ1) is 3.86. The van der Waals surface area contributed by atoms with E-state index >= 15 is 0 Å². The van der Waals surface area contributed by atoms with Gasteiger partial charge in [0, 0.05) is 0 Å². The molecule has 0 aromatic rings. The van der Waals surface area contributed by atoms with E-state index in [1.165, 1.54) is 11.1 Å². The Morgan fingerprint density at radius 3 is 1.88 bits per heavy atom. The van der Waals surface area contributed by atoms with Crippen molar-refractivity contribution in [2.75, 3.05) is 0 Å². The molecule has 0 N–H and O–H groups in total. The second-order valence-corrected chi connectivity index (χ2v) is 2.44. The number of rotatable bonds is 0. The number of allylic oxidation sites excluding steroid dienone is 6. The maximum Gasteiger partial charge on any atom is -0.00635 e. The molecule has 0 aromatic heterocycles. The zero-order valence-corrected chi connectivity index (χ0v) is 4.89. The molecule has 0 unspecified atom stereocenters. The first kappa shape index (κ1) is 4.13. The molecule has 8 heavy (non-hydrogen) atoms. The molecule has 0 atom stereocenters. The summed E-state index contributed by atoms with van der Waals surface area (Å²) in [6.07, 6.45) is 8.90. The lowest BCUT2D eigenvalue weighted by Crippen LogP contribution is -1.86. The van der Waals surface area contributed by atoms with Gasteiger partial charge in [-0.3, -0.25) is 0 Å². The molecule has 2 aliphatic carbocycles. The minimum atomic E-state index is 0.676. The molecular weight excluding hydrogens is 96.1 g/mol. The lowest BCUT2D eigenvalue weighted by Gasteiger charge is -2.05. The molecule has 0 spiro atoms. The van der Waals surface area contributed by atoms with Crippen LogP contribution in [0.3, 0.4) is 0 Å². The number of fused-ring (bicyclic) bond motifs is 1. The predicted octanol–water partition coefficient (Wildman–Crippen LogP) is 2.06. The van der Waals surface area contributed by atoms with Gasteiger partial charge in [-0.15, -0.1) is 0 Å². The summed E-state index contributed by atoms with van der Waals surface area (Å²) in [4.78, 5) is 0. The highest BCUT2D eigenvalue weighted by atomic mass is 14.2. The number of hydrogen-bond donors (Lipinski definition) is 0. The summed E-state index contributed by atoms with van der Waals surface area (Å²) in [7, 11) is 0. The highest BCUT2D eigenvalue weighted by Crippen LogP contribution is 2.31. The van der Waals surface area contributed by atoms with Crippen molar-refractivity contribution in [2.45, 2.75) is 6.92 Å². The molecule has 0 bridgehead atoms. The van der Waals surface area contributed by atoms with Crippen LogP contribution in [0.1, 0.15) is 6.92 Å². The van der Waals surface area contributed by atoms with Crippen LogP contribution < -0.4 is 0 Å². The average molecular weight is 104 g/mol. The molecule has 0 heteroatoms. The van der Waals surface area contributed by atoms with Gasteiger partial charge in [0.1, 0.15) is 0 Å². The summed E-state index contributed by atoms with van der Waals surface area (Å²) in [5.74, 6) is 0.676. The topological polar surface area (TPSA) is 0 Å². The standard InChI is InChI=1S/C8H8/c1-6-4-7-2-3-8(7)5-6/h2-6H,1H3. The van der Waals surface area contributed by atoms with Gasteiger partial charge in [-0.25, -0.2) is 0 Å². The van der Waals surface area contributed by atoms with Gasteiger partial charge < -0.3 is 0 Å². The van der Waals surface area contributed by atoms with E-state index in [0.717, 1.165) is 0 Å². The summed E-state index contributed by atoms with van der Waals surface area (Å²) in [5, 5.41) is 0. The monoisotopic (exact) mass is 104 g/mol. The van der Waals surface area contributed by atoms with Gasteiger partial charge in [0.25, 0.3) is 0 Å².